The Balaban J connectivity index is 1.44. The molecule has 5 heteroatoms. The molecule has 1 saturated carbocycles. The maximum absolute atomic E-state index is 13.0. The molecule has 0 saturated heterocycles. The SMILES string of the molecule is C[C@@H]1[C@@H](C)CCC[C@H]1NC(=O)COC(=O)C1c2ccccc2Oc2ccccc21. The molecule has 3 atom stereocenters. The highest BCUT2D eigenvalue weighted by Crippen LogP contribution is 2.44. The van der Waals surface area contributed by atoms with Gasteiger partial charge in [-0.3, -0.25) is 9.59 Å². The van der Waals surface area contributed by atoms with Gasteiger partial charge in [0.25, 0.3) is 5.91 Å². The average Bonchev–Trinajstić information content (AvgIpc) is 2.73. The van der Waals surface area contributed by atoms with Crippen molar-refractivity contribution in [2.75, 3.05) is 6.61 Å². The first-order valence-corrected chi connectivity index (χ1v) is 10.4. The van der Waals surface area contributed by atoms with Crippen molar-refractivity contribution in [3.63, 3.8) is 0 Å². The summed E-state index contributed by atoms with van der Waals surface area (Å²) in [6, 6.07) is 15.0. The molecule has 2 aromatic carbocycles. The first-order chi connectivity index (χ1) is 14.0. The molecular formula is C24H27NO4. The molecular weight excluding hydrogens is 366 g/mol. The number of ether oxygens (including phenoxy) is 2. The monoisotopic (exact) mass is 393 g/mol. The molecule has 0 spiro atoms. The van der Waals surface area contributed by atoms with Crippen LogP contribution in [0.1, 0.15) is 50.2 Å². The van der Waals surface area contributed by atoms with Gasteiger partial charge in [-0.15, -0.1) is 0 Å². The third-order valence-electron chi connectivity index (χ3n) is 6.31. The number of para-hydroxylation sites is 2. The highest BCUT2D eigenvalue weighted by atomic mass is 16.5. The van der Waals surface area contributed by atoms with E-state index in [4.69, 9.17) is 9.47 Å². The second-order valence-corrected chi connectivity index (χ2v) is 8.16. The van der Waals surface area contributed by atoms with Gasteiger partial charge in [0, 0.05) is 17.2 Å². The van der Waals surface area contributed by atoms with Crippen LogP contribution in [0.5, 0.6) is 11.5 Å². The molecule has 1 N–H and O–H groups in total. The molecule has 5 nitrogen and oxygen atoms in total. The molecule has 29 heavy (non-hydrogen) atoms. The fourth-order valence-electron chi connectivity index (χ4n) is 4.42. The average molecular weight is 393 g/mol. The Labute approximate surface area is 171 Å². The number of amides is 1. The Morgan fingerprint density at radius 2 is 1.62 bits per heavy atom. The number of nitrogens with one attached hydrogen (secondary N) is 1. The molecule has 1 fully saturated rings. The van der Waals surface area contributed by atoms with E-state index in [2.05, 4.69) is 19.2 Å². The van der Waals surface area contributed by atoms with Crippen molar-refractivity contribution in [1.82, 2.24) is 5.32 Å². The Morgan fingerprint density at radius 1 is 1.00 bits per heavy atom. The minimum atomic E-state index is -0.599. The van der Waals surface area contributed by atoms with Crippen LogP contribution < -0.4 is 10.1 Å². The number of carbonyl (C=O) groups excluding carboxylic acids is 2. The van der Waals surface area contributed by atoms with Crippen molar-refractivity contribution >= 4 is 11.9 Å². The van der Waals surface area contributed by atoms with Crippen molar-refractivity contribution < 1.29 is 19.1 Å². The van der Waals surface area contributed by atoms with Gasteiger partial charge in [0.15, 0.2) is 6.61 Å². The molecule has 0 aromatic heterocycles. The molecule has 2 aliphatic rings. The first-order valence-electron chi connectivity index (χ1n) is 10.4. The van der Waals surface area contributed by atoms with Crippen LogP contribution >= 0.6 is 0 Å². The van der Waals surface area contributed by atoms with E-state index < -0.39 is 11.9 Å². The quantitative estimate of drug-likeness (QED) is 0.782. The van der Waals surface area contributed by atoms with E-state index in [9.17, 15) is 9.59 Å². The molecule has 0 unspecified atom stereocenters. The summed E-state index contributed by atoms with van der Waals surface area (Å²) in [5.74, 6) is 1.03. The summed E-state index contributed by atoms with van der Waals surface area (Å²) < 4.78 is 11.4. The lowest BCUT2D eigenvalue weighted by Gasteiger charge is -2.34. The third kappa shape index (κ3) is 4.00. The minimum absolute atomic E-state index is 0.148. The number of rotatable bonds is 4. The molecule has 1 heterocycles. The van der Waals surface area contributed by atoms with Gasteiger partial charge in [0.2, 0.25) is 0 Å². The number of carbonyl (C=O) groups is 2. The summed E-state index contributed by atoms with van der Waals surface area (Å²) in [5, 5.41) is 3.05. The topological polar surface area (TPSA) is 64.6 Å². The summed E-state index contributed by atoms with van der Waals surface area (Å²) in [4.78, 5) is 25.4. The van der Waals surface area contributed by atoms with E-state index in [1.165, 1.54) is 6.42 Å². The predicted molar refractivity (Wildman–Crippen MR) is 110 cm³/mol. The molecule has 0 bridgehead atoms. The minimum Gasteiger partial charge on any atom is -0.457 e. The molecule has 1 aliphatic heterocycles. The van der Waals surface area contributed by atoms with Crippen molar-refractivity contribution in [3.05, 3.63) is 59.7 Å². The maximum atomic E-state index is 13.0. The van der Waals surface area contributed by atoms with Gasteiger partial charge >= 0.3 is 5.97 Å². The first kappa shape index (κ1) is 19.5. The van der Waals surface area contributed by atoms with Gasteiger partial charge in [0.05, 0.1) is 0 Å². The molecule has 1 aliphatic carbocycles. The second-order valence-electron chi connectivity index (χ2n) is 8.16. The molecule has 0 radical (unpaired) electrons. The van der Waals surface area contributed by atoms with Crippen LogP contribution in [0.15, 0.2) is 48.5 Å². The lowest BCUT2D eigenvalue weighted by molar-refractivity contribution is -0.149. The smallest absolute Gasteiger partial charge is 0.318 e. The summed E-state index contributed by atoms with van der Waals surface area (Å²) in [6.07, 6.45) is 3.29. The van der Waals surface area contributed by atoms with Crippen molar-refractivity contribution in [1.29, 1.82) is 0 Å². The maximum Gasteiger partial charge on any atom is 0.318 e. The number of benzene rings is 2. The predicted octanol–water partition coefficient (Wildman–Crippen LogP) is 4.41. The normalized spacial score (nSPS) is 23.3. The lowest BCUT2D eigenvalue weighted by atomic mass is 9.78. The fourth-order valence-corrected chi connectivity index (χ4v) is 4.42. The van der Waals surface area contributed by atoms with Crippen LogP contribution in [0.2, 0.25) is 0 Å². The zero-order valence-corrected chi connectivity index (χ0v) is 16.9. The van der Waals surface area contributed by atoms with E-state index in [0.717, 1.165) is 24.0 Å². The summed E-state index contributed by atoms with van der Waals surface area (Å²) in [5.41, 5.74) is 1.51. The van der Waals surface area contributed by atoms with Crippen LogP contribution in [0, 0.1) is 11.8 Å². The fraction of sp³-hybridized carbons (Fsp3) is 0.417. The van der Waals surface area contributed by atoms with Gasteiger partial charge in [0.1, 0.15) is 17.4 Å². The van der Waals surface area contributed by atoms with E-state index in [-0.39, 0.29) is 18.6 Å². The van der Waals surface area contributed by atoms with Gasteiger partial charge in [-0.2, -0.15) is 0 Å². The Morgan fingerprint density at radius 3 is 2.28 bits per heavy atom. The van der Waals surface area contributed by atoms with Crippen molar-refractivity contribution in [3.8, 4) is 11.5 Å². The van der Waals surface area contributed by atoms with Crippen molar-refractivity contribution in [2.24, 2.45) is 11.8 Å². The zero-order valence-electron chi connectivity index (χ0n) is 16.9. The number of fused-ring (bicyclic) bond motifs is 2. The largest absolute Gasteiger partial charge is 0.457 e. The third-order valence-corrected chi connectivity index (χ3v) is 6.31. The van der Waals surface area contributed by atoms with Crippen LogP contribution in [0.4, 0.5) is 0 Å². The van der Waals surface area contributed by atoms with Crippen molar-refractivity contribution in [2.45, 2.75) is 45.1 Å². The van der Waals surface area contributed by atoms with Crippen LogP contribution in [0.25, 0.3) is 0 Å². The standard InChI is InChI=1S/C24H27NO4/c1-15-8-7-11-19(16(15)2)25-22(26)14-28-24(27)23-17-9-3-5-12-20(17)29-21-13-6-4-10-18(21)23/h3-6,9-10,12-13,15-16,19,23H,7-8,11,14H2,1-2H3,(H,25,26)/t15-,16+,19+/m0/s1. The van der Waals surface area contributed by atoms with Gasteiger partial charge in [-0.25, -0.2) is 0 Å². The zero-order chi connectivity index (χ0) is 20.4. The highest BCUT2D eigenvalue weighted by Gasteiger charge is 2.34. The molecule has 1 amide bonds. The Bertz CT molecular complexity index is 864. The number of hydrogen-bond donors (Lipinski definition) is 1. The molecule has 152 valence electrons. The van der Waals surface area contributed by atoms with Gasteiger partial charge < -0.3 is 14.8 Å². The molecule has 2 aromatic rings. The number of hydrogen-bond acceptors (Lipinski definition) is 4. The molecule has 4 rings (SSSR count). The van der Waals surface area contributed by atoms with E-state index in [1.807, 2.05) is 48.5 Å². The van der Waals surface area contributed by atoms with E-state index in [1.54, 1.807) is 0 Å². The van der Waals surface area contributed by atoms with E-state index >= 15 is 0 Å². The number of esters is 1. The van der Waals surface area contributed by atoms with Crippen LogP contribution in [-0.4, -0.2) is 24.5 Å². The summed E-state index contributed by atoms with van der Waals surface area (Å²) in [7, 11) is 0. The summed E-state index contributed by atoms with van der Waals surface area (Å²) >= 11 is 0. The van der Waals surface area contributed by atoms with Gasteiger partial charge in [-0.05, 0) is 30.4 Å². The van der Waals surface area contributed by atoms with Crippen LogP contribution in [0.3, 0.4) is 0 Å². The second kappa shape index (κ2) is 8.27. The van der Waals surface area contributed by atoms with E-state index in [0.29, 0.717) is 23.3 Å². The van der Waals surface area contributed by atoms with Crippen LogP contribution in [-0.2, 0) is 14.3 Å². The Kier molecular flexibility index (Phi) is 5.56. The lowest BCUT2D eigenvalue weighted by Crippen LogP contribution is -2.45. The van der Waals surface area contributed by atoms with Gasteiger partial charge in [-0.1, -0.05) is 63.1 Å². The highest BCUT2D eigenvalue weighted by molar-refractivity contribution is 5.87. The Hall–Kier alpha value is -2.82. The summed E-state index contributed by atoms with van der Waals surface area (Å²) in [6.45, 7) is 4.14.